The number of aromatic carboxylic acids is 1. The summed E-state index contributed by atoms with van der Waals surface area (Å²) in [6, 6.07) is 1.36. The smallest absolute Gasteiger partial charge is 0.339 e. The van der Waals surface area contributed by atoms with Gasteiger partial charge in [0, 0.05) is 0 Å². The lowest BCUT2D eigenvalue weighted by molar-refractivity contribution is 0.0695. The van der Waals surface area contributed by atoms with Crippen LogP contribution in [0.5, 0.6) is 0 Å². The molecule has 0 radical (unpaired) electrons. The quantitative estimate of drug-likeness (QED) is 0.844. The molecular weight excluding hydrogens is 220 g/mol. The first-order valence-electron chi connectivity index (χ1n) is 4.69. The van der Waals surface area contributed by atoms with Crippen LogP contribution >= 0.6 is 0 Å². The minimum atomic E-state index is -2.42. The van der Waals surface area contributed by atoms with E-state index in [9.17, 15) is 13.6 Å². The molecule has 6 heteroatoms. The second-order valence-electron chi connectivity index (χ2n) is 3.58. The maximum Gasteiger partial charge on any atom is 0.339 e. The maximum absolute atomic E-state index is 12.0. The van der Waals surface area contributed by atoms with E-state index in [0.29, 0.717) is 5.76 Å². The summed E-state index contributed by atoms with van der Waals surface area (Å²) in [6.07, 6.45) is -2.42. The third-order valence-corrected chi connectivity index (χ3v) is 2.07. The van der Waals surface area contributed by atoms with Gasteiger partial charge < -0.3 is 9.52 Å². The molecule has 0 amide bonds. The molecule has 1 aromatic heterocycles. The number of halogens is 2. The van der Waals surface area contributed by atoms with Crippen LogP contribution in [0.1, 0.15) is 21.9 Å². The van der Waals surface area contributed by atoms with Crippen LogP contribution in [-0.4, -0.2) is 36.0 Å². The summed E-state index contributed by atoms with van der Waals surface area (Å²) >= 11 is 0. The predicted octanol–water partition coefficient (Wildman–Crippen LogP) is 1.98. The van der Waals surface area contributed by atoms with E-state index in [1.165, 1.54) is 24.9 Å². The maximum atomic E-state index is 12.0. The van der Waals surface area contributed by atoms with Crippen LogP contribution in [-0.2, 0) is 6.54 Å². The van der Waals surface area contributed by atoms with E-state index in [1.54, 1.807) is 0 Å². The number of alkyl halides is 2. The molecule has 0 saturated heterocycles. The average Bonchev–Trinajstić information content (AvgIpc) is 2.44. The first kappa shape index (κ1) is 12.6. The number of carboxylic acids is 1. The Balaban J connectivity index is 2.68. The zero-order chi connectivity index (χ0) is 12.3. The molecule has 0 fully saturated rings. The fourth-order valence-corrected chi connectivity index (χ4v) is 1.40. The van der Waals surface area contributed by atoms with Gasteiger partial charge in [-0.2, -0.15) is 0 Å². The highest BCUT2D eigenvalue weighted by molar-refractivity contribution is 5.88. The Morgan fingerprint density at radius 3 is 2.69 bits per heavy atom. The van der Waals surface area contributed by atoms with Crippen molar-refractivity contribution in [1.82, 2.24) is 4.90 Å². The van der Waals surface area contributed by atoms with Crippen LogP contribution in [0.2, 0.25) is 0 Å². The zero-order valence-corrected chi connectivity index (χ0v) is 9.04. The molecule has 0 atom stereocenters. The Labute approximate surface area is 91.5 Å². The molecule has 0 saturated carbocycles. The van der Waals surface area contributed by atoms with Crippen LogP contribution in [0.25, 0.3) is 0 Å². The average molecular weight is 233 g/mol. The number of rotatable bonds is 5. The van der Waals surface area contributed by atoms with Gasteiger partial charge in [-0.3, -0.25) is 4.90 Å². The third kappa shape index (κ3) is 3.30. The molecule has 0 bridgehead atoms. The van der Waals surface area contributed by atoms with Crippen molar-refractivity contribution in [2.24, 2.45) is 0 Å². The molecule has 0 unspecified atom stereocenters. The van der Waals surface area contributed by atoms with Crippen LogP contribution in [0.4, 0.5) is 8.78 Å². The number of carboxylic acid groups (broad SMARTS) is 1. The Morgan fingerprint density at radius 1 is 1.62 bits per heavy atom. The molecule has 1 aromatic rings. The van der Waals surface area contributed by atoms with Gasteiger partial charge >= 0.3 is 5.97 Å². The van der Waals surface area contributed by atoms with E-state index < -0.39 is 12.4 Å². The van der Waals surface area contributed by atoms with Gasteiger partial charge in [0.15, 0.2) is 0 Å². The van der Waals surface area contributed by atoms with Gasteiger partial charge in [-0.25, -0.2) is 13.6 Å². The van der Waals surface area contributed by atoms with Gasteiger partial charge in [-0.15, -0.1) is 0 Å². The summed E-state index contributed by atoms with van der Waals surface area (Å²) in [5.74, 6) is -0.421. The van der Waals surface area contributed by atoms with Gasteiger partial charge in [0.05, 0.1) is 13.1 Å². The lowest BCUT2D eigenvalue weighted by atomic mass is 10.2. The van der Waals surface area contributed by atoms with E-state index in [2.05, 4.69) is 0 Å². The molecular formula is C10H13F2NO3. The van der Waals surface area contributed by atoms with Crippen molar-refractivity contribution in [2.45, 2.75) is 19.9 Å². The SMILES string of the molecule is Cc1oc(CN(C)CC(F)F)cc1C(=O)O. The van der Waals surface area contributed by atoms with Gasteiger partial charge in [0.25, 0.3) is 6.43 Å². The molecule has 0 aliphatic rings. The summed E-state index contributed by atoms with van der Waals surface area (Å²) in [6.45, 7) is 1.32. The molecule has 0 aromatic carbocycles. The predicted molar refractivity (Wildman–Crippen MR) is 52.7 cm³/mol. The molecule has 1 rings (SSSR count). The first-order valence-corrected chi connectivity index (χ1v) is 4.69. The third-order valence-electron chi connectivity index (χ3n) is 2.07. The Kier molecular flexibility index (Phi) is 4.00. The summed E-state index contributed by atoms with van der Waals surface area (Å²) in [7, 11) is 1.52. The van der Waals surface area contributed by atoms with Gasteiger partial charge in [-0.05, 0) is 20.0 Å². The van der Waals surface area contributed by atoms with Crippen molar-refractivity contribution in [2.75, 3.05) is 13.6 Å². The van der Waals surface area contributed by atoms with Gasteiger partial charge in [-0.1, -0.05) is 0 Å². The Hall–Kier alpha value is -1.43. The molecule has 4 nitrogen and oxygen atoms in total. The second kappa shape index (κ2) is 5.07. The lowest BCUT2D eigenvalue weighted by Crippen LogP contribution is -2.23. The largest absolute Gasteiger partial charge is 0.478 e. The van der Waals surface area contributed by atoms with Gasteiger partial charge in [0.1, 0.15) is 17.1 Å². The highest BCUT2D eigenvalue weighted by Crippen LogP contribution is 2.16. The fourth-order valence-electron chi connectivity index (χ4n) is 1.40. The summed E-state index contributed by atoms with van der Waals surface area (Å²) in [5, 5.41) is 8.76. The number of furan rings is 1. The summed E-state index contributed by atoms with van der Waals surface area (Å²) in [4.78, 5) is 12.1. The number of carbonyl (C=O) groups is 1. The molecule has 0 aliphatic carbocycles. The number of nitrogens with zero attached hydrogens (tertiary/aromatic N) is 1. The molecule has 0 aliphatic heterocycles. The monoisotopic (exact) mass is 233 g/mol. The van der Waals surface area contributed by atoms with Crippen molar-refractivity contribution in [1.29, 1.82) is 0 Å². The molecule has 90 valence electrons. The van der Waals surface area contributed by atoms with Crippen LogP contribution < -0.4 is 0 Å². The van der Waals surface area contributed by atoms with E-state index in [0.717, 1.165) is 0 Å². The standard InChI is InChI=1S/C10H13F2NO3/c1-6-8(10(14)15)3-7(16-6)4-13(2)5-9(11)12/h3,9H,4-5H2,1-2H3,(H,14,15). The van der Waals surface area contributed by atoms with Crippen molar-refractivity contribution >= 4 is 5.97 Å². The summed E-state index contributed by atoms with van der Waals surface area (Å²) < 4.78 is 29.2. The number of aryl methyl sites for hydroxylation is 1. The van der Waals surface area contributed by atoms with Crippen molar-refractivity contribution in [3.8, 4) is 0 Å². The van der Waals surface area contributed by atoms with Crippen LogP contribution in [0, 0.1) is 6.92 Å². The molecule has 1 heterocycles. The highest BCUT2D eigenvalue weighted by atomic mass is 19.3. The lowest BCUT2D eigenvalue weighted by Gasteiger charge is -2.13. The zero-order valence-electron chi connectivity index (χ0n) is 9.04. The minimum Gasteiger partial charge on any atom is -0.478 e. The topological polar surface area (TPSA) is 53.7 Å². The molecule has 0 spiro atoms. The van der Waals surface area contributed by atoms with Crippen molar-refractivity contribution < 1.29 is 23.1 Å². The highest BCUT2D eigenvalue weighted by Gasteiger charge is 2.15. The van der Waals surface area contributed by atoms with E-state index in [1.807, 2.05) is 0 Å². The Morgan fingerprint density at radius 2 is 2.25 bits per heavy atom. The van der Waals surface area contributed by atoms with Crippen molar-refractivity contribution in [3.63, 3.8) is 0 Å². The van der Waals surface area contributed by atoms with E-state index >= 15 is 0 Å². The first-order chi connectivity index (χ1) is 7.40. The van der Waals surface area contributed by atoms with Crippen LogP contribution in [0.3, 0.4) is 0 Å². The van der Waals surface area contributed by atoms with Gasteiger partial charge in [0.2, 0.25) is 0 Å². The van der Waals surface area contributed by atoms with E-state index in [4.69, 9.17) is 9.52 Å². The fraction of sp³-hybridized carbons (Fsp3) is 0.500. The summed E-state index contributed by atoms with van der Waals surface area (Å²) in [5.41, 5.74) is 0.0699. The molecule has 16 heavy (non-hydrogen) atoms. The number of hydrogen-bond acceptors (Lipinski definition) is 3. The normalized spacial score (nSPS) is 11.4. The minimum absolute atomic E-state index is 0.0699. The van der Waals surface area contributed by atoms with E-state index in [-0.39, 0.29) is 24.4 Å². The van der Waals surface area contributed by atoms with Crippen molar-refractivity contribution in [3.05, 3.63) is 23.2 Å². The van der Waals surface area contributed by atoms with Crippen LogP contribution in [0.15, 0.2) is 10.5 Å². The Bertz CT molecular complexity index is 376. The number of hydrogen-bond donors (Lipinski definition) is 1. The second-order valence-corrected chi connectivity index (χ2v) is 3.58. The molecule has 1 N–H and O–H groups in total.